The van der Waals surface area contributed by atoms with Crippen molar-refractivity contribution in [1.29, 1.82) is 0 Å². The first-order valence-corrected chi connectivity index (χ1v) is 4.49. The minimum absolute atomic E-state index is 0.0232. The largest absolute Gasteiger partial charge is 0.508 e. The lowest BCUT2D eigenvalue weighted by atomic mass is 10.1. The SMILES string of the molecule is C=Cc1cc(O)ccc1C(=C)O.CC. The molecule has 2 nitrogen and oxygen atoms in total. The lowest BCUT2D eigenvalue weighted by molar-refractivity contribution is 0.474. The fourth-order valence-electron chi connectivity index (χ4n) is 0.982. The Balaban J connectivity index is 0.000000791. The lowest BCUT2D eigenvalue weighted by Gasteiger charge is -2.03. The van der Waals surface area contributed by atoms with Crippen molar-refractivity contribution >= 4 is 11.8 Å². The first-order chi connectivity index (χ1) is 6.65. The van der Waals surface area contributed by atoms with Gasteiger partial charge in [0.25, 0.3) is 0 Å². The molecule has 0 spiro atoms. The zero-order valence-corrected chi connectivity index (χ0v) is 8.62. The summed E-state index contributed by atoms with van der Waals surface area (Å²) in [5, 5.41) is 18.2. The van der Waals surface area contributed by atoms with E-state index in [0.29, 0.717) is 11.1 Å². The van der Waals surface area contributed by atoms with Gasteiger partial charge in [-0.1, -0.05) is 33.1 Å². The molecule has 1 aromatic rings. The minimum atomic E-state index is -0.0232. The van der Waals surface area contributed by atoms with E-state index in [4.69, 9.17) is 10.2 Å². The summed E-state index contributed by atoms with van der Waals surface area (Å²) in [6.45, 7) is 10.9. The summed E-state index contributed by atoms with van der Waals surface area (Å²) < 4.78 is 0. The van der Waals surface area contributed by atoms with Gasteiger partial charge in [0, 0.05) is 5.56 Å². The quantitative estimate of drug-likeness (QED) is 0.703. The average molecular weight is 192 g/mol. The number of aromatic hydroxyl groups is 1. The normalized spacial score (nSPS) is 8.43. The van der Waals surface area contributed by atoms with E-state index in [1.165, 1.54) is 12.1 Å². The second kappa shape index (κ2) is 5.86. The molecule has 2 heteroatoms. The van der Waals surface area contributed by atoms with Crippen LogP contribution in [0.3, 0.4) is 0 Å². The summed E-state index contributed by atoms with van der Waals surface area (Å²) in [5.41, 5.74) is 1.25. The van der Waals surface area contributed by atoms with Crippen LogP contribution < -0.4 is 0 Å². The van der Waals surface area contributed by atoms with E-state index in [1.54, 1.807) is 12.1 Å². The Bertz CT molecular complexity index is 327. The molecule has 0 bridgehead atoms. The first-order valence-electron chi connectivity index (χ1n) is 4.49. The Morgan fingerprint density at radius 3 is 2.36 bits per heavy atom. The van der Waals surface area contributed by atoms with Crippen LogP contribution in [0.2, 0.25) is 0 Å². The van der Waals surface area contributed by atoms with Gasteiger partial charge in [-0.05, 0) is 23.8 Å². The Labute approximate surface area is 84.8 Å². The van der Waals surface area contributed by atoms with E-state index in [1.807, 2.05) is 13.8 Å². The topological polar surface area (TPSA) is 40.5 Å². The Morgan fingerprint density at radius 1 is 1.36 bits per heavy atom. The second-order valence-corrected chi connectivity index (χ2v) is 2.42. The highest BCUT2D eigenvalue weighted by atomic mass is 16.3. The first kappa shape index (κ1) is 12.3. The number of benzene rings is 1. The number of hydrogen-bond acceptors (Lipinski definition) is 2. The van der Waals surface area contributed by atoms with Gasteiger partial charge in [0.15, 0.2) is 0 Å². The molecular weight excluding hydrogens is 176 g/mol. The summed E-state index contributed by atoms with van der Waals surface area (Å²) in [6.07, 6.45) is 1.55. The maximum Gasteiger partial charge on any atom is 0.116 e. The van der Waals surface area contributed by atoms with Crippen LogP contribution in [0.5, 0.6) is 5.75 Å². The van der Waals surface area contributed by atoms with Crippen molar-refractivity contribution in [3.63, 3.8) is 0 Å². The van der Waals surface area contributed by atoms with Crippen LogP contribution in [-0.4, -0.2) is 10.2 Å². The lowest BCUT2D eigenvalue weighted by Crippen LogP contribution is -1.85. The van der Waals surface area contributed by atoms with Gasteiger partial charge in [-0.25, -0.2) is 0 Å². The highest BCUT2D eigenvalue weighted by Crippen LogP contribution is 2.21. The van der Waals surface area contributed by atoms with Gasteiger partial charge in [0.05, 0.1) is 0 Å². The van der Waals surface area contributed by atoms with E-state index in [-0.39, 0.29) is 11.5 Å². The van der Waals surface area contributed by atoms with Crippen LogP contribution in [0.25, 0.3) is 11.8 Å². The molecule has 0 radical (unpaired) electrons. The molecule has 0 aliphatic carbocycles. The minimum Gasteiger partial charge on any atom is -0.508 e. The van der Waals surface area contributed by atoms with Crippen molar-refractivity contribution in [2.45, 2.75) is 13.8 Å². The molecule has 14 heavy (non-hydrogen) atoms. The Hall–Kier alpha value is -1.70. The zero-order chi connectivity index (χ0) is 11.1. The molecule has 0 saturated heterocycles. The fourth-order valence-corrected chi connectivity index (χ4v) is 0.982. The molecule has 0 atom stereocenters. The molecule has 2 N–H and O–H groups in total. The van der Waals surface area contributed by atoms with Crippen LogP contribution >= 0.6 is 0 Å². The molecular formula is C12H16O2. The number of hydrogen-bond donors (Lipinski definition) is 2. The highest BCUT2D eigenvalue weighted by molar-refractivity contribution is 5.69. The standard InChI is InChI=1S/C10H10O2.C2H6/c1-3-8-6-9(12)4-5-10(8)7(2)11;1-2/h3-6,11-12H,1-2H2;1-2H3. The predicted molar refractivity (Wildman–Crippen MR) is 61.2 cm³/mol. The van der Waals surface area contributed by atoms with Crippen LogP contribution in [-0.2, 0) is 0 Å². The number of aliphatic hydroxyl groups is 1. The zero-order valence-electron chi connectivity index (χ0n) is 8.62. The smallest absolute Gasteiger partial charge is 0.116 e. The van der Waals surface area contributed by atoms with Crippen molar-refractivity contribution in [3.8, 4) is 5.75 Å². The number of aliphatic hydroxyl groups excluding tert-OH is 1. The third-order valence-corrected chi connectivity index (χ3v) is 1.57. The van der Waals surface area contributed by atoms with Crippen molar-refractivity contribution in [2.75, 3.05) is 0 Å². The third kappa shape index (κ3) is 2.98. The van der Waals surface area contributed by atoms with Gasteiger partial charge < -0.3 is 10.2 Å². The molecule has 0 saturated carbocycles. The Kier molecular flexibility index (Phi) is 5.15. The van der Waals surface area contributed by atoms with Gasteiger partial charge in [-0.3, -0.25) is 0 Å². The third-order valence-electron chi connectivity index (χ3n) is 1.57. The number of phenols is 1. The number of phenolic OH excluding ortho intramolecular Hbond substituents is 1. The molecule has 0 heterocycles. The monoisotopic (exact) mass is 192 g/mol. The van der Waals surface area contributed by atoms with Crippen LogP contribution in [0.1, 0.15) is 25.0 Å². The summed E-state index contributed by atoms with van der Waals surface area (Å²) in [5.74, 6) is 0.125. The summed E-state index contributed by atoms with van der Waals surface area (Å²) in [4.78, 5) is 0. The van der Waals surface area contributed by atoms with Gasteiger partial charge in [0.2, 0.25) is 0 Å². The van der Waals surface area contributed by atoms with Gasteiger partial charge in [0.1, 0.15) is 11.5 Å². The van der Waals surface area contributed by atoms with Crippen LogP contribution in [0.15, 0.2) is 31.4 Å². The molecule has 0 aliphatic heterocycles. The Morgan fingerprint density at radius 2 is 1.93 bits per heavy atom. The molecule has 0 unspecified atom stereocenters. The molecule has 1 aromatic carbocycles. The predicted octanol–water partition coefficient (Wildman–Crippen LogP) is 3.59. The summed E-state index contributed by atoms with van der Waals surface area (Å²) >= 11 is 0. The maximum atomic E-state index is 9.10. The van der Waals surface area contributed by atoms with Crippen LogP contribution in [0.4, 0.5) is 0 Å². The fraction of sp³-hybridized carbons (Fsp3) is 0.167. The van der Waals surface area contributed by atoms with E-state index in [0.717, 1.165) is 0 Å². The average Bonchev–Trinajstić information content (AvgIpc) is 2.20. The van der Waals surface area contributed by atoms with Gasteiger partial charge in [-0.2, -0.15) is 0 Å². The van der Waals surface area contributed by atoms with E-state index >= 15 is 0 Å². The van der Waals surface area contributed by atoms with E-state index < -0.39 is 0 Å². The molecule has 0 amide bonds. The molecule has 0 aromatic heterocycles. The molecule has 1 rings (SSSR count). The van der Waals surface area contributed by atoms with Crippen LogP contribution in [0, 0.1) is 0 Å². The number of rotatable bonds is 2. The van der Waals surface area contributed by atoms with Crippen molar-refractivity contribution < 1.29 is 10.2 Å². The van der Waals surface area contributed by atoms with E-state index in [9.17, 15) is 0 Å². The van der Waals surface area contributed by atoms with Crippen molar-refractivity contribution in [3.05, 3.63) is 42.5 Å². The van der Waals surface area contributed by atoms with Gasteiger partial charge >= 0.3 is 0 Å². The highest BCUT2D eigenvalue weighted by Gasteiger charge is 2.02. The van der Waals surface area contributed by atoms with E-state index in [2.05, 4.69) is 13.2 Å². The molecule has 0 fully saturated rings. The summed E-state index contributed by atoms with van der Waals surface area (Å²) in [6, 6.07) is 4.60. The molecule has 0 aliphatic rings. The van der Waals surface area contributed by atoms with Gasteiger partial charge in [-0.15, -0.1) is 0 Å². The maximum absolute atomic E-state index is 9.10. The summed E-state index contributed by atoms with van der Waals surface area (Å²) in [7, 11) is 0. The van der Waals surface area contributed by atoms with Crippen molar-refractivity contribution in [1.82, 2.24) is 0 Å². The van der Waals surface area contributed by atoms with Crippen molar-refractivity contribution in [2.24, 2.45) is 0 Å². The second-order valence-electron chi connectivity index (χ2n) is 2.42. The molecule has 76 valence electrons.